The molecule has 1 heteroatoms. The Hall–Kier alpha value is -1.27. The summed E-state index contributed by atoms with van der Waals surface area (Å²) in [5, 5.41) is 0.798. The summed E-state index contributed by atoms with van der Waals surface area (Å²) in [4.78, 5) is 0. The van der Waals surface area contributed by atoms with Crippen LogP contribution >= 0.6 is 11.6 Å². The molecule has 0 spiro atoms. The fraction of sp³-hybridized carbons (Fsp3) is 0.0714. The van der Waals surface area contributed by atoms with Gasteiger partial charge >= 0.3 is 0 Å². The van der Waals surface area contributed by atoms with E-state index < -0.39 is 0 Å². The van der Waals surface area contributed by atoms with E-state index in [2.05, 4.69) is 19.1 Å². The van der Waals surface area contributed by atoms with Crippen LogP contribution in [-0.2, 0) is 6.42 Å². The molecular formula is C14H12Cl. The summed E-state index contributed by atoms with van der Waals surface area (Å²) in [6, 6.07) is 16.1. The van der Waals surface area contributed by atoms with E-state index in [4.69, 9.17) is 11.6 Å². The van der Waals surface area contributed by atoms with Gasteiger partial charge in [0, 0.05) is 5.02 Å². The molecule has 2 aromatic carbocycles. The summed E-state index contributed by atoms with van der Waals surface area (Å²) in [6.07, 6.45) is 0.847. The second kappa shape index (κ2) is 4.50. The van der Waals surface area contributed by atoms with E-state index in [1.54, 1.807) is 0 Å². The standard InChI is InChI=1S/C14H12Cl/c1-11-6-5-9-14(15)13(11)10-12-7-3-2-4-8-12/h2-9H,1,10H2. The third-order valence-electron chi connectivity index (χ3n) is 2.44. The van der Waals surface area contributed by atoms with Gasteiger partial charge in [0.05, 0.1) is 0 Å². The number of rotatable bonds is 2. The van der Waals surface area contributed by atoms with Crippen LogP contribution in [0.3, 0.4) is 0 Å². The number of halogens is 1. The Bertz CT molecular complexity index is 426. The van der Waals surface area contributed by atoms with Gasteiger partial charge in [-0.25, -0.2) is 0 Å². The van der Waals surface area contributed by atoms with Gasteiger partial charge in [0.2, 0.25) is 0 Å². The van der Waals surface area contributed by atoms with Crippen LogP contribution in [0, 0.1) is 6.92 Å². The van der Waals surface area contributed by atoms with Gasteiger partial charge in [-0.3, -0.25) is 0 Å². The monoisotopic (exact) mass is 215 g/mol. The third-order valence-corrected chi connectivity index (χ3v) is 2.79. The molecular weight excluding hydrogens is 204 g/mol. The summed E-state index contributed by atoms with van der Waals surface area (Å²) in [7, 11) is 0. The van der Waals surface area contributed by atoms with Crippen molar-refractivity contribution in [2.75, 3.05) is 0 Å². The molecule has 0 aliphatic heterocycles. The normalized spacial score (nSPS) is 10.3. The fourth-order valence-electron chi connectivity index (χ4n) is 1.60. The van der Waals surface area contributed by atoms with Crippen molar-refractivity contribution >= 4 is 11.6 Å². The minimum absolute atomic E-state index is 0.798. The lowest BCUT2D eigenvalue weighted by Gasteiger charge is -2.07. The Kier molecular flexibility index (Phi) is 3.08. The molecule has 0 saturated heterocycles. The number of hydrogen-bond donors (Lipinski definition) is 0. The highest BCUT2D eigenvalue weighted by atomic mass is 35.5. The Labute approximate surface area is 95.5 Å². The lowest BCUT2D eigenvalue weighted by atomic mass is 10.0. The molecule has 0 atom stereocenters. The van der Waals surface area contributed by atoms with Gasteiger partial charge in [0.25, 0.3) is 0 Å². The zero-order chi connectivity index (χ0) is 10.7. The maximum Gasteiger partial charge on any atom is 0.0444 e. The predicted molar refractivity (Wildman–Crippen MR) is 65.2 cm³/mol. The van der Waals surface area contributed by atoms with E-state index in [1.165, 1.54) is 5.56 Å². The van der Waals surface area contributed by atoms with Gasteiger partial charge in [-0.2, -0.15) is 0 Å². The second-order valence-electron chi connectivity index (χ2n) is 3.54. The van der Waals surface area contributed by atoms with Crippen molar-refractivity contribution in [3.8, 4) is 0 Å². The highest BCUT2D eigenvalue weighted by Crippen LogP contribution is 2.22. The van der Waals surface area contributed by atoms with Gasteiger partial charge in [0.1, 0.15) is 0 Å². The van der Waals surface area contributed by atoms with Crippen LogP contribution in [0.15, 0.2) is 48.5 Å². The second-order valence-corrected chi connectivity index (χ2v) is 3.95. The summed E-state index contributed by atoms with van der Waals surface area (Å²) >= 11 is 6.14. The molecule has 0 fully saturated rings. The van der Waals surface area contributed by atoms with Crippen LogP contribution in [0.4, 0.5) is 0 Å². The van der Waals surface area contributed by atoms with Crippen molar-refractivity contribution in [3.63, 3.8) is 0 Å². The van der Waals surface area contributed by atoms with Crippen LogP contribution in [0.1, 0.15) is 16.7 Å². The predicted octanol–water partition coefficient (Wildman–Crippen LogP) is 4.11. The molecule has 15 heavy (non-hydrogen) atoms. The molecule has 0 amide bonds. The SMILES string of the molecule is [CH2]c1cccc(Cl)c1Cc1ccccc1. The molecule has 0 saturated carbocycles. The lowest BCUT2D eigenvalue weighted by molar-refractivity contribution is 1.18. The summed E-state index contributed by atoms with van der Waals surface area (Å²) in [5.41, 5.74) is 3.38. The van der Waals surface area contributed by atoms with Gasteiger partial charge < -0.3 is 0 Å². The Balaban J connectivity index is 2.32. The highest BCUT2D eigenvalue weighted by Gasteiger charge is 2.04. The quantitative estimate of drug-likeness (QED) is 0.707. The average molecular weight is 216 g/mol. The average Bonchev–Trinajstić information content (AvgIpc) is 2.25. The first kappa shape index (κ1) is 10.3. The van der Waals surface area contributed by atoms with E-state index in [0.717, 1.165) is 22.6 Å². The van der Waals surface area contributed by atoms with Crippen LogP contribution in [0.5, 0.6) is 0 Å². The zero-order valence-electron chi connectivity index (χ0n) is 8.41. The van der Waals surface area contributed by atoms with Crippen molar-refractivity contribution in [1.82, 2.24) is 0 Å². The van der Waals surface area contributed by atoms with Crippen LogP contribution in [0.25, 0.3) is 0 Å². The molecule has 0 aliphatic carbocycles. The molecule has 2 rings (SSSR count). The minimum atomic E-state index is 0.798. The van der Waals surface area contributed by atoms with Crippen molar-refractivity contribution in [2.24, 2.45) is 0 Å². The largest absolute Gasteiger partial charge is 0.0840 e. The van der Waals surface area contributed by atoms with Gasteiger partial charge in [-0.1, -0.05) is 54.1 Å². The molecule has 0 N–H and O–H groups in total. The fourth-order valence-corrected chi connectivity index (χ4v) is 1.86. The molecule has 2 aromatic rings. The maximum atomic E-state index is 6.14. The van der Waals surface area contributed by atoms with E-state index in [0.29, 0.717) is 0 Å². The van der Waals surface area contributed by atoms with Gasteiger partial charge in [-0.05, 0) is 36.1 Å². The van der Waals surface area contributed by atoms with Crippen LogP contribution in [-0.4, -0.2) is 0 Å². The summed E-state index contributed by atoms with van der Waals surface area (Å²) < 4.78 is 0. The zero-order valence-corrected chi connectivity index (χ0v) is 9.17. The highest BCUT2D eigenvalue weighted by molar-refractivity contribution is 6.31. The Morgan fingerprint density at radius 1 is 0.933 bits per heavy atom. The van der Waals surface area contributed by atoms with Gasteiger partial charge in [0.15, 0.2) is 0 Å². The summed E-state index contributed by atoms with van der Waals surface area (Å²) in [5.74, 6) is 0. The van der Waals surface area contributed by atoms with Crippen LogP contribution < -0.4 is 0 Å². The maximum absolute atomic E-state index is 6.14. The number of hydrogen-bond acceptors (Lipinski definition) is 0. The molecule has 1 radical (unpaired) electrons. The molecule has 0 nitrogen and oxygen atoms in total. The Morgan fingerprint density at radius 3 is 2.33 bits per heavy atom. The number of benzene rings is 2. The molecule has 0 bridgehead atoms. The third kappa shape index (κ3) is 2.40. The smallest absolute Gasteiger partial charge is 0.0444 e. The minimum Gasteiger partial charge on any atom is -0.0840 e. The van der Waals surface area contributed by atoms with Crippen molar-refractivity contribution in [1.29, 1.82) is 0 Å². The molecule has 0 aliphatic rings. The van der Waals surface area contributed by atoms with Crippen LogP contribution in [0.2, 0.25) is 5.02 Å². The molecule has 0 heterocycles. The lowest BCUT2D eigenvalue weighted by Crippen LogP contribution is -1.92. The molecule has 0 aromatic heterocycles. The van der Waals surface area contributed by atoms with Gasteiger partial charge in [-0.15, -0.1) is 0 Å². The van der Waals surface area contributed by atoms with Crippen molar-refractivity contribution < 1.29 is 0 Å². The topological polar surface area (TPSA) is 0 Å². The molecule has 0 unspecified atom stereocenters. The van der Waals surface area contributed by atoms with E-state index in [1.807, 2.05) is 36.4 Å². The Morgan fingerprint density at radius 2 is 1.67 bits per heavy atom. The first-order chi connectivity index (χ1) is 7.27. The van der Waals surface area contributed by atoms with Crippen molar-refractivity contribution in [3.05, 3.63) is 77.2 Å². The summed E-state index contributed by atoms with van der Waals surface area (Å²) in [6.45, 7) is 3.99. The van der Waals surface area contributed by atoms with E-state index >= 15 is 0 Å². The van der Waals surface area contributed by atoms with E-state index in [9.17, 15) is 0 Å². The first-order valence-corrected chi connectivity index (χ1v) is 5.28. The van der Waals surface area contributed by atoms with Crippen molar-refractivity contribution in [2.45, 2.75) is 6.42 Å². The molecule has 75 valence electrons. The van der Waals surface area contributed by atoms with E-state index in [-0.39, 0.29) is 0 Å². The first-order valence-electron chi connectivity index (χ1n) is 4.90.